The van der Waals surface area contributed by atoms with Gasteiger partial charge in [0, 0.05) is 11.5 Å². The molecule has 12 heteroatoms. The molecule has 0 aliphatic heterocycles. The van der Waals surface area contributed by atoms with Gasteiger partial charge in [0.1, 0.15) is 18.6 Å². The standard InChI is InChI=1S/C14H27N5O5S2/c15-4-2-1-3-8(16)12(22)18-10(7-26)14(24)19-9(6-25)13(23)17-5-11(20)21/h8-10,25-26H,1-7,15-16H2,(H,17,23)(H,18,22)(H,19,24)(H,20,21). The molecule has 0 aromatic rings. The maximum atomic E-state index is 12.2. The summed E-state index contributed by atoms with van der Waals surface area (Å²) in [5, 5.41) is 15.6. The topological polar surface area (TPSA) is 177 Å². The molecule has 3 unspecified atom stereocenters. The number of amides is 3. The molecule has 0 radical (unpaired) electrons. The van der Waals surface area contributed by atoms with Gasteiger partial charge in [0.2, 0.25) is 17.7 Å². The van der Waals surface area contributed by atoms with Crippen molar-refractivity contribution >= 4 is 48.9 Å². The van der Waals surface area contributed by atoms with Gasteiger partial charge in [-0.1, -0.05) is 6.42 Å². The van der Waals surface area contributed by atoms with Crippen molar-refractivity contribution in [3.8, 4) is 0 Å². The summed E-state index contributed by atoms with van der Waals surface area (Å²) in [5.41, 5.74) is 11.1. The number of carboxylic acids is 1. The van der Waals surface area contributed by atoms with E-state index in [-0.39, 0.29) is 11.5 Å². The number of carboxylic acid groups (broad SMARTS) is 1. The first-order chi connectivity index (χ1) is 12.3. The Bertz CT molecular complexity index is 494. The Hall–Kier alpha value is -1.50. The number of carbonyl (C=O) groups is 4. The zero-order chi connectivity index (χ0) is 20.1. The first kappa shape index (κ1) is 24.5. The number of aliphatic carboxylic acids is 1. The molecule has 0 bridgehead atoms. The Morgan fingerprint density at radius 3 is 1.96 bits per heavy atom. The third-order valence-electron chi connectivity index (χ3n) is 3.35. The maximum absolute atomic E-state index is 12.2. The first-order valence-corrected chi connectivity index (χ1v) is 9.30. The molecule has 0 aliphatic rings. The second kappa shape index (κ2) is 13.7. The Morgan fingerprint density at radius 1 is 0.923 bits per heavy atom. The van der Waals surface area contributed by atoms with E-state index in [1.54, 1.807) is 0 Å². The lowest BCUT2D eigenvalue weighted by molar-refractivity contribution is -0.138. The molecule has 0 heterocycles. The lowest BCUT2D eigenvalue weighted by atomic mass is 10.1. The SMILES string of the molecule is NCCCCC(N)C(=O)NC(CS)C(=O)NC(CS)C(=O)NCC(=O)O. The normalized spacial score (nSPS) is 14.0. The van der Waals surface area contributed by atoms with Gasteiger partial charge in [-0.05, 0) is 19.4 Å². The third-order valence-corrected chi connectivity index (χ3v) is 4.08. The van der Waals surface area contributed by atoms with Crippen molar-refractivity contribution < 1.29 is 24.3 Å². The molecule has 0 aromatic carbocycles. The van der Waals surface area contributed by atoms with Crippen molar-refractivity contribution in [2.75, 3.05) is 24.6 Å². The predicted molar refractivity (Wildman–Crippen MR) is 103 cm³/mol. The van der Waals surface area contributed by atoms with E-state index in [2.05, 4.69) is 41.2 Å². The average Bonchev–Trinajstić information content (AvgIpc) is 2.61. The highest BCUT2D eigenvalue weighted by molar-refractivity contribution is 7.80. The molecule has 3 amide bonds. The first-order valence-electron chi connectivity index (χ1n) is 8.04. The Labute approximate surface area is 163 Å². The quantitative estimate of drug-likeness (QED) is 0.122. The van der Waals surface area contributed by atoms with Gasteiger partial charge >= 0.3 is 5.97 Å². The van der Waals surface area contributed by atoms with Gasteiger partial charge in [0.25, 0.3) is 0 Å². The number of thiol groups is 2. The van der Waals surface area contributed by atoms with Gasteiger partial charge < -0.3 is 32.5 Å². The number of hydrogen-bond acceptors (Lipinski definition) is 8. The minimum atomic E-state index is -1.22. The Balaban J connectivity index is 4.63. The maximum Gasteiger partial charge on any atom is 0.322 e. The van der Waals surface area contributed by atoms with E-state index < -0.39 is 48.4 Å². The summed E-state index contributed by atoms with van der Waals surface area (Å²) in [5.74, 6) is -3.13. The van der Waals surface area contributed by atoms with Crippen LogP contribution < -0.4 is 27.4 Å². The van der Waals surface area contributed by atoms with E-state index >= 15 is 0 Å². The summed E-state index contributed by atoms with van der Waals surface area (Å²) in [6.07, 6.45) is 1.86. The Morgan fingerprint density at radius 2 is 1.46 bits per heavy atom. The number of unbranched alkanes of at least 4 members (excludes halogenated alkanes) is 1. The van der Waals surface area contributed by atoms with Gasteiger partial charge in [0.15, 0.2) is 0 Å². The number of nitrogens with two attached hydrogens (primary N) is 2. The van der Waals surface area contributed by atoms with E-state index in [0.29, 0.717) is 19.4 Å². The molecule has 0 saturated heterocycles. The zero-order valence-corrected chi connectivity index (χ0v) is 16.1. The third kappa shape index (κ3) is 9.85. The van der Waals surface area contributed by atoms with Crippen molar-refractivity contribution in [2.45, 2.75) is 37.4 Å². The van der Waals surface area contributed by atoms with Crippen LogP contribution in [0.1, 0.15) is 19.3 Å². The highest BCUT2D eigenvalue weighted by Gasteiger charge is 2.26. The lowest BCUT2D eigenvalue weighted by Crippen LogP contribution is -2.57. The van der Waals surface area contributed by atoms with Crippen molar-refractivity contribution in [1.29, 1.82) is 0 Å². The average molecular weight is 410 g/mol. The summed E-state index contributed by atoms with van der Waals surface area (Å²) < 4.78 is 0. The summed E-state index contributed by atoms with van der Waals surface area (Å²) in [6, 6.07) is -2.83. The monoisotopic (exact) mass is 409 g/mol. The van der Waals surface area contributed by atoms with E-state index in [1.807, 2.05) is 0 Å². The van der Waals surface area contributed by atoms with Crippen molar-refractivity contribution in [3.05, 3.63) is 0 Å². The molecular weight excluding hydrogens is 382 g/mol. The fourth-order valence-electron chi connectivity index (χ4n) is 1.86. The fraction of sp³-hybridized carbons (Fsp3) is 0.714. The molecule has 0 spiro atoms. The van der Waals surface area contributed by atoms with Crippen molar-refractivity contribution in [2.24, 2.45) is 11.5 Å². The molecule has 150 valence electrons. The summed E-state index contributed by atoms with van der Waals surface area (Å²) >= 11 is 7.99. The molecule has 0 aliphatic carbocycles. The molecule has 10 nitrogen and oxygen atoms in total. The minimum absolute atomic E-state index is 0.0108. The summed E-state index contributed by atoms with van der Waals surface area (Å²) in [7, 11) is 0. The van der Waals surface area contributed by atoms with Gasteiger partial charge in [-0.25, -0.2) is 0 Å². The van der Waals surface area contributed by atoms with Crippen LogP contribution in [0.25, 0.3) is 0 Å². The van der Waals surface area contributed by atoms with Crippen LogP contribution in [0.5, 0.6) is 0 Å². The molecule has 0 rings (SSSR count). The van der Waals surface area contributed by atoms with Crippen LogP contribution in [0, 0.1) is 0 Å². The van der Waals surface area contributed by atoms with Crippen LogP contribution in [0.4, 0.5) is 0 Å². The Kier molecular flexibility index (Phi) is 12.9. The van der Waals surface area contributed by atoms with Gasteiger partial charge in [-0.2, -0.15) is 25.3 Å². The fourth-order valence-corrected chi connectivity index (χ4v) is 2.38. The van der Waals surface area contributed by atoms with Crippen LogP contribution in [0.3, 0.4) is 0 Å². The van der Waals surface area contributed by atoms with E-state index in [4.69, 9.17) is 16.6 Å². The van der Waals surface area contributed by atoms with E-state index in [9.17, 15) is 19.2 Å². The molecular formula is C14H27N5O5S2. The number of rotatable bonds is 13. The highest BCUT2D eigenvalue weighted by Crippen LogP contribution is 2.00. The molecule has 8 N–H and O–H groups in total. The second-order valence-electron chi connectivity index (χ2n) is 5.49. The van der Waals surface area contributed by atoms with Gasteiger partial charge in [-0.3, -0.25) is 19.2 Å². The van der Waals surface area contributed by atoms with Gasteiger partial charge in [-0.15, -0.1) is 0 Å². The second-order valence-corrected chi connectivity index (χ2v) is 6.22. The molecule has 26 heavy (non-hydrogen) atoms. The number of nitrogens with one attached hydrogen (secondary N) is 3. The highest BCUT2D eigenvalue weighted by atomic mass is 32.1. The smallest absolute Gasteiger partial charge is 0.322 e. The molecule has 0 saturated carbocycles. The van der Waals surface area contributed by atoms with E-state index in [1.165, 1.54) is 0 Å². The van der Waals surface area contributed by atoms with Gasteiger partial charge in [0.05, 0.1) is 6.04 Å². The van der Waals surface area contributed by atoms with Crippen LogP contribution in [-0.2, 0) is 19.2 Å². The lowest BCUT2D eigenvalue weighted by Gasteiger charge is -2.22. The van der Waals surface area contributed by atoms with Crippen molar-refractivity contribution in [3.63, 3.8) is 0 Å². The van der Waals surface area contributed by atoms with Crippen LogP contribution in [-0.4, -0.2) is 71.5 Å². The summed E-state index contributed by atoms with van der Waals surface area (Å²) in [6.45, 7) is -0.0750. The summed E-state index contributed by atoms with van der Waals surface area (Å²) in [4.78, 5) is 46.6. The predicted octanol–water partition coefficient (Wildman–Crippen LogP) is -2.53. The van der Waals surface area contributed by atoms with E-state index in [0.717, 1.165) is 6.42 Å². The van der Waals surface area contributed by atoms with Crippen LogP contribution >= 0.6 is 25.3 Å². The minimum Gasteiger partial charge on any atom is -0.480 e. The molecule has 0 aromatic heterocycles. The van der Waals surface area contributed by atoms with Crippen molar-refractivity contribution in [1.82, 2.24) is 16.0 Å². The number of hydrogen-bond donors (Lipinski definition) is 8. The zero-order valence-electron chi connectivity index (χ0n) is 14.3. The largest absolute Gasteiger partial charge is 0.480 e. The molecule has 0 fully saturated rings. The molecule has 3 atom stereocenters. The van der Waals surface area contributed by atoms with Crippen LogP contribution in [0.15, 0.2) is 0 Å². The number of carbonyl (C=O) groups excluding carboxylic acids is 3. The van der Waals surface area contributed by atoms with Crippen LogP contribution in [0.2, 0.25) is 0 Å².